The Morgan fingerprint density at radius 1 is 0.960 bits per heavy atom. The number of halogens is 2. The Morgan fingerprint density at radius 2 is 1.56 bits per heavy atom. The Morgan fingerprint density at radius 3 is 2.12 bits per heavy atom. The number of hydrogen-bond acceptors (Lipinski definition) is 4. The van der Waals surface area contributed by atoms with Gasteiger partial charge in [0, 0.05) is 11.6 Å². The van der Waals surface area contributed by atoms with Crippen LogP contribution in [0.25, 0.3) is 0 Å². The third-order valence-corrected chi connectivity index (χ3v) is 5.46. The van der Waals surface area contributed by atoms with E-state index < -0.39 is 27.6 Å². The molecule has 0 fully saturated rings. The number of imide groups is 1. The number of anilines is 1. The second kappa shape index (κ2) is 6.67. The molecule has 0 radical (unpaired) electrons. The van der Waals surface area contributed by atoms with Gasteiger partial charge in [-0.15, -0.1) is 0 Å². The molecule has 1 N–H and O–H groups in total. The Kier molecular flexibility index (Phi) is 4.73. The fourth-order valence-electron chi connectivity index (χ4n) is 2.44. The summed E-state index contributed by atoms with van der Waals surface area (Å²) in [5, 5.41) is 0.524. The fraction of sp³-hybridized carbons (Fsp3) is 0.125. The smallest absolute Gasteiger partial charge is 0.261 e. The van der Waals surface area contributed by atoms with Crippen molar-refractivity contribution in [3.8, 4) is 0 Å². The van der Waals surface area contributed by atoms with Crippen LogP contribution in [0.15, 0.2) is 42.5 Å². The van der Waals surface area contributed by atoms with E-state index in [0.717, 1.165) is 4.90 Å². The van der Waals surface area contributed by atoms with Crippen molar-refractivity contribution in [2.75, 3.05) is 17.0 Å². The number of carbonyl (C=O) groups is 2. The van der Waals surface area contributed by atoms with Crippen LogP contribution in [0, 0.1) is 0 Å². The summed E-state index contributed by atoms with van der Waals surface area (Å²) in [7, 11) is -3.82. The SMILES string of the molecule is O=C1c2ccccc2C(=O)N1CCS(=O)(=O)Nc1ccc(Cl)cc1Cl. The van der Waals surface area contributed by atoms with Crippen molar-refractivity contribution in [2.45, 2.75) is 0 Å². The van der Waals surface area contributed by atoms with Crippen LogP contribution in [-0.4, -0.2) is 37.4 Å². The molecule has 0 atom stereocenters. The molecule has 0 saturated heterocycles. The van der Waals surface area contributed by atoms with Crippen molar-refractivity contribution in [3.63, 3.8) is 0 Å². The van der Waals surface area contributed by atoms with E-state index in [2.05, 4.69) is 4.72 Å². The fourth-order valence-corrected chi connectivity index (χ4v) is 3.99. The lowest BCUT2D eigenvalue weighted by molar-refractivity contribution is 0.0664. The molecule has 0 unspecified atom stereocenters. The zero-order valence-electron chi connectivity index (χ0n) is 12.7. The molecular weight excluding hydrogens is 387 g/mol. The summed E-state index contributed by atoms with van der Waals surface area (Å²) in [6, 6.07) is 10.7. The van der Waals surface area contributed by atoms with Crippen molar-refractivity contribution in [3.05, 3.63) is 63.6 Å². The van der Waals surface area contributed by atoms with Gasteiger partial charge in [-0.2, -0.15) is 0 Å². The standard InChI is InChI=1S/C16H12Cl2N2O4S/c17-10-5-6-14(13(18)9-10)19-25(23,24)8-7-20-15(21)11-3-1-2-4-12(11)16(20)22/h1-6,9,19H,7-8H2. The highest BCUT2D eigenvalue weighted by atomic mass is 35.5. The molecule has 1 aliphatic rings. The first-order valence-corrected chi connectivity index (χ1v) is 9.60. The molecule has 0 aliphatic carbocycles. The quantitative estimate of drug-likeness (QED) is 0.784. The van der Waals surface area contributed by atoms with Crippen LogP contribution >= 0.6 is 23.2 Å². The molecule has 3 rings (SSSR count). The number of fused-ring (bicyclic) bond motifs is 1. The number of nitrogens with zero attached hydrogens (tertiary/aromatic N) is 1. The average Bonchev–Trinajstić information content (AvgIpc) is 2.80. The van der Waals surface area contributed by atoms with Crippen LogP contribution in [0.5, 0.6) is 0 Å². The largest absolute Gasteiger partial charge is 0.282 e. The lowest BCUT2D eigenvalue weighted by Gasteiger charge is -2.15. The summed E-state index contributed by atoms with van der Waals surface area (Å²) >= 11 is 11.7. The summed E-state index contributed by atoms with van der Waals surface area (Å²) in [4.78, 5) is 25.4. The van der Waals surface area contributed by atoms with E-state index in [1.54, 1.807) is 12.1 Å². The topological polar surface area (TPSA) is 83.6 Å². The zero-order chi connectivity index (χ0) is 18.2. The normalized spacial score (nSPS) is 13.9. The second-order valence-electron chi connectivity index (χ2n) is 5.35. The number of carbonyl (C=O) groups excluding carboxylic acids is 2. The third-order valence-electron chi connectivity index (χ3n) is 3.66. The summed E-state index contributed by atoms with van der Waals surface area (Å²) in [6.07, 6.45) is 0. The number of benzene rings is 2. The van der Waals surface area contributed by atoms with Gasteiger partial charge in [0.1, 0.15) is 0 Å². The number of nitrogens with one attached hydrogen (secondary N) is 1. The summed E-state index contributed by atoms with van der Waals surface area (Å²) in [5.41, 5.74) is 0.727. The highest BCUT2D eigenvalue weighted by Crippen LogP contribution is 2.26. The molecular formula is C16H12Cl2N2O4S. The van der Waals surface area contributed by atoms with Crippen LogP contribution in [-0.2, 0) is 10.0 Å². The van der Waals surface area contributed by atoms with Crippen LogP contribution in [0.4, 0.5) is 5.69 Å². The maximum absolute atomic E-state index is 12.2. The van der Waals surface area contributed by atoms with E-state index in [-0.39, 0.29) is 28.4 Å². The zero-order valence-corrected chi connectivity index (χ0v) is 15.0. The van der Waals surface area contributed by atoms with Crippen molar-refractivity contribution in [2.24, 2.45) is 0 Å². The Balaban J connectivity index is 1.71. The first-order valence-electron chi connectivity index (χ1n) is 7.19. The van der Waals surface area contributed by atoms with Gasteiger partial charge < -0.3 is 0 Å². The van der Waals surface area contributed by atoms with Crippen LogP contribution < -0.4 is 4.72 Å². The molecule has 0 saturated carbocycles. The van der Waals surface area contributed by atoms with Gasteiger partial charge in [-0.25, -0.2) is 8.42 Å². The number of rotatable bonds is 5. The molecule has 1 aliphatic heterocycles. The van der Waals surface area contributed by atoms with Gasteiger partial charge in [0.2, 0.25) is 10.0 Å². The van der Waals surface area contributed by atoms with E-state index in [0.29, 0.717) is 5.02 Å². The van der Waals surface area contributed by atoms with Gasteiger partial charge in [0.15, 0.2) is 0 Å². The number of sulfonamides is 1. The van der Waals surface area contributed by atoms with Gasteiger partial charge in [0.05, 0.1) is 27.6 Å². The third kappa shape index (κ3) is 3.63. The minimum atomic E-state index is -3.82. The molecule has 1 heterocycles. The van der Waals surface area contributed by atoms with Crippen LogP contribution in [0.1, 0.15) is 20.7 Å². The van der Waals surface area contributed by atoms with E-state index >= 15 is 0 Å². The maximum atomic E-state index is 12.2. The summed E-state index contributed by atoms with van der Waals surface area (Å²) in [6.45, 7) is -0.257. The molecule has 2 aromatic rings. The number of amides is 2. The van der Waals surface area contributed by atoms with Crippen molar-refractivity contribution >= 4 is 50.7 Å². The first-order chi connectivity index (χ1) is 11.8. The second-order valence-corrected chi connectivity index (χ2v) is 8.04. The maximum Gasteiger partial charge on any atom is 0.261 e. The number of hydrogen-bond donors (Lipinski definition) is 1. The highest BCUT2D eigenvalue weighted by Gasteiger charge is 2.35. The van der Waals surface area contributed by atoms with Crippen LogP contribution in [0.3, 0.4) is 0 Å². The molecule has 0 bridgehead atoms. The van der Waals surface area contributed by atoms with Gasteiger partial charge >= 0.3 is 0 Å². The minimum Gasteiger partial charge on any atom is -0.282 e. The molecule has 0 spiro atoms. The monoisotopic (exact) mass is 398 g/mol. The van der Waals surface area contributed by atoms with Gasteiger partial charge in [0.25, 0.3) is 11.8 Å². The van der Waals surface area contributed by atoms with E-state index in [1.165, 1.54) is 30.3 Å². The Hall–Kier alpha value is -2.09. The van der Waals surface area contributed by atoms with Gasteiger partial charge in [-0.05, 0) is 30.3 Å². The molecule has 6 nitrogen and oxygen atoms in total. The molecule has 2 amide bonds. The van der Waals surface area contributed by atoms with Crippen molar-refractivity contribution < 1.29 is 18.0 Å². The van der Waals surface area contributed by atoms with Crippen molar-refractivity contribution in [1.29, 1.82) is 0 Å². The Bertz CT molecular complexity index is 941. The van der Waals surface area contributed by atoms with E-state index in [1.807, 2.05) is 0 Å². The predicted octanol–water partition coefficient (Wildman–Crippen LogP) is 3.03. The highest BCUT2D eigenvalue weighted by molar-refractivity contribution is 7.92. The van der Waals surface area contributed by atoms with Gasteiger partial charge in [-0.3, -0.25) is 19.2 Å². The van der Waals surface area contributed by atoms with E-state index in [4.69, 9.17) is 23.2 Å². The first kappa shape index (κ1) is 17.7. The minimum absolute atomic E-state index is 0.150. The molecule has 0 aromatic heterocycles. The summed E-state index contributed by atoms with van der Waals surface area (Å²) in [5.74, 6) is -1.45. The van der Waals surface area contributed by atoms with Crippen LogP contribution in [0.2, 0.25) is 10.0 Å². The lowest BCUT2D eigenvalue weighted by atomic mass is 10.1. The van der Waals surface area contributed by atoms with E-state index in [9.17, 15) is 18.0 Å². The predicted molar refractivity (Wildman–Crippen MR) is 95.7 cm³/mol. The molecule has 2 aromatic carbocycles. The summed E-state index contributed by atoms with van der Waals surface area (Å²) < 4.78 is 26.8. The van der Waals surface area contributed by atoms with Gasteiger partial charge in [-0.1, -0.05) is 35.3 Å². The lowest BCUT2D eigenvalue weighted by Crippen LogP contribution is -2.35. The molecule has 9 heteroatoms. The Labute approximate surface area is 154 Å². The molecule has 130 valence electrons. The average molecular weight is 399 g/mol. The van der Waals surface area contributed by atoms with Crippen molar-refractivity contribution in [1.82, 2.24) is 4.90 Å². The molecule has 25 heavy (non-hydrogen) atoms.